The highest BCUT2D eigenvalue weighted by Crippen LogP contribution is 2.33. The van der Waals surface area contributed by atoms with Crippen molar-refractivity contribution in [3.63, 3.8) is 0 Å². The summed E-state index contributed by atoms with van der Waals surface area (Å²) in [5, 5.41) is 6.73. The lowest BCUT2D eigenvalue weighted by Gasteiger charge is -2.05. The fraction of sp³-hybridized carbons (Fsp3) is 0.308. The van der Waals surface area contributed by atoms with Gasteiger partial charge in [0.25, 0.3) is 0 Å². The topological polar surface area (TPSA) is 24.9 Å². The van der Waals surface area contributed by atoms with Crippen LogP contribution in [0.3, 0.4) is 0 Å². The second-order valence-corrected chi connectivity index (χ2v) is 5.62. The summed E-state index contributed by atoms with van der Waals surface area (Å²) in [7, 11) is 0. The highest BCUT2D eigenvalue weighted by Gasteiger charge is 2.19. The smallest absolute Gasteiger partial charge is 0.125 e. The molecular formula is C13H12ClFN2S. The molecule has 0 aliphatic carbocycles. The Morgan fingerprint density at radius 3 is 3.06 bits per heavy atom. The first kappa shape index (κ1) is 12.1. The molecule has 0 bridgehead atoms. The number of nitrogens with one attached hydrogen (secondary N) is 1. The van der Waals surface area contributed by atoms with Crippen molar-refractivity contribution in [2.45, 2.75) is 18.9 Å². The van der Waals surface area contributed by atoms with E-state index in [0.29, 0.717) is 11.1 Å². The largest absolute Gasteiger partial charge is 0.309 e. The second kappa shape index (κ2) is 4.96. The lowest BCUT2D eigenvalue weighted by molar-refractivity contribution is 0.628. The predicted octanol–water partition coefficient (Wildman–Crippen LogP) is 4.03. The summed E-state index contributed by atoms with van der Waals surface area (Å²) in [6.07, 6.45) is 2.31. The molecule has 0 spiro atoms. The Labute approximate surface area is 114 Å². The van der Waals surface area contributed by atoms with Gasteiger partial charge in [-0.1, -0.05) is 11.6 Å². The summed E-state index contributed by atoms with van der Waals surface area (Å²) in [5.41, 5.74) is 1.86. The van der Waals surface area contributed by atoms with Crippen molar-refractivity contribution in [2.24, 2.45) is 0 Å². The van der Waals surface area contributed by atoms with Crippen LogP contribution in [0.1, 0.15) is 24.6 Å². The summed E-state index contributed by atoms with van der Waals surface area (Å²) in [4.78, 5) is 4.60. The van der Waals surface area contributed by atoms with Crippen LogP contribution in [-0.2, 0) is 0 Å². The molecule has 2 nitrogen and oxygen atoms in total. The molecule has 1 aromatic heterocycles. The van der Waals surface area contributed by atoms with Crippen molar-refractivity contribution in [2.75, 3.05) is 6.54 Å². The Hall–Kier alpha value is -0.970. The number of hydrogen-bond donors (Lipinski definition) is 1. The maximum Gasteiger partial charge on any atom is 0.125 e. The molecule has 1 aliphatic heterocycles. The zero-order valence-electron chi connectivity index (χ0n) is 9.62. The average Bonchev–Trinajstić information content (AvgIpc) is 2.99. The molecule has 3 rings (SSSR count). The van der Waals surface area contributed by atoms with Crippen LogP contribution >= 0.6 is 22.9 Å². The van der Waals surface area contributed by atoms with Crippen LogP contribution < -0.4 is 5.32 Å². The third kappa shape index (κ3) is 2.28. The molecular weight excluding hydrogens is 271 g/mol. The van der Waals surface area contributed by atoms with Gasteiger partial charge in [0.1, 0.15) is 10.8 Å². The Bertz CT molecular complexity index is 564. The van der Waals surface area contributed by atoms with E-state index in [-0.39, 0.29) is 5.82 Å². The predicted molar refractivity (Wildman–Crippen MR) is 72.5 cm³/mol. The number of benzene rings is 1. The Kier molecular flexibility index (Phi) is 3.33. The van der Waals surface area contributed by atoms with Gasteiger partial charge in [-0.2, -0.15) is 0 Å². The molecule has 0 saturated carbocycles. The van der Waals surface area contributed by atoms with Crippen molar-refractivity contribution in [3.05, 3.63) is 40.1 Å². The van der Waals surface area contributed by atoms with E-state index >= 15 is 0 Å². The van der Waals surface area contributed by atoms with Crippen molar-refractivity contribution in [1.29, 1.82) is 0 Å². The van der Waals surface area contributed by atoms with E-state index in [1.165, 1.54) is 18.6 Å². The summed E-state index contributed by atoms with van der Waals surface area (Å²) >= 11 is 7.60. The van der Waals surface area contributed by atoms with Gasteiger partial charge in [-0.05, 0) is 37.6 Å². The number of rotatable bonds is 2. The summed E-state index contributed by atoms with van der Waals surface area (Å²) in [6, 6.07) is 4.78. The van der Waals surface area contributed by atoms with E-state index in [2.05, 4.69) is 15.7 Å². The molecule has 0 radical (unpaired) electrons. The van der Waals surface area contributed by atoms with Gasteiger partial charge < -0.3 is 5.32 Å². The highest BCUT2D eigenvalue weighted by molar-refractivity contribution is 7.13. The van der Waals surface area contributed by atoms with Gasteiger partial charge in [0.2, 0.25) is 0 Å². The number of nitrogens with zero attached hydrogens (tertiary/aromatic N) is 1. The Morgan fingerprint density at radius 1 is 1.44 bits per heavy atom. The second-order valence-electron chi connectivity index (χ2n) is 4.35. The maximum atomic E-state index is 13.0. The molecule has 1 aromatic carbocycles. The molecule has 1 unspecified atom stereocenters. The first-order chi connectivity index (χ1) is 8.74. The fourth-order valence-electron chi connectivity index (χ4n) is 2.17. The van der Waals surface area contributed by atoms with Crippen molar-refractivity contribution in [1.82, 2.24) is 10.3 Å². The van der Waals surface area contributed by atoms with Gasteiger partial charge in [-0.3, -0.25) is 0 Å². The van der Waals surface area contributed by atoms with Crippen molar-refractivity contribution >= 4 is 22.9 Å². The molecule has 2 aromatic rings. The summed E-state index contributed by atoms with van der Waals surface area (Å²) in [6.45, 7) is 1.05. The van der Waals surface area contributed by atoms with Crippen LogP contribution in [0.15, 0.2) is 23.6 Å². The van der Waals surface area contributed by atoms with Crippen LogP contribution in [0.4, 0.5) is 4.39 Å². The molecule has 94 valence electrons. The van der Waals surface area contributed by atoms with E-state index in [0.717, 1.165) is 29.2 Å². The number of thiazole rings is 1. The monoisotopic (exact) mass is 282 g/mol. The summed E-state index contributed by atoms with van der Waals surface area (Å²) in [5.74, 6) is -0.321. The first-order valence-corrected chi connectivity index (χ1v) is 7.14. The van der Waals surface area contributed by atoms with E-state index in [1.54, 1.807) is 17.4 Å². The van der Waals surface area contributed by atoms with E-state index in [9.17, 15) is 4.39 Å². The number of hydrogen-bond acceptors (Lipinski definition) is 3. The minimum Gasteiger partial charge on any atom is -0.309 e. The highest BCUT2D eigenvalue weighted by atomic mass is 35.5. The van der Waals surface area contributed by atoms with Crippen LogP contribution in [0, 0.1) is 5.82 Å². The summed E-state index contributed by atoms with van der Waals surface area (Å²) < 4.78 is 13.0. The lowest BCUT2D eigenvalue weighted by Crippen LogP contribution is -2.12. The molecule has 0 amide bonds. The number of aromatic nitrogens is 1. The van der Waals surface area contributed by atoms with E-state index < -0.39 is 0 Å². The molecule has 2 heterocycles. The molecule has 5 heteroatoms. The standard InChI is InChI=1S/C13H12ClFN2S/c14-10-6-8(15)3-4-9(10)13-17-12(7-18-13)11-2-1-5-16-11/h3-4,6-7,11,16H,1-2,5H2. The van der Waals surface area contributed by atoms with E-state index in [1.807, 2.05) is 0 Å². The zero-order chi connectivity index (χ0) is 12.5. The van der Waals surface area contributed by atoms with Crippen molar-refractivity contribution < 1.29 is 4.39 Å². The van der Waals surface area contributed by atoms with Gasteiger partial charge in [0.05, 0.1) is 16.8 Å². The lowest BCUT2D eigenvalue weighted by atomic mass is 10.2. The van der Waals surface area contributed by atoms with Gasteiger partial charge in [0, 0.05) is 10.9 Å². The molecule has 1 N–H and O–H groups in total. The normalized spacial score (nSPS) is 19.3. The third-order valence-corrected chi connectivity index (χ3v) is 4.31. The van der Waals surface area contributed by atoms with Crippen LogP contribution in [0.2, 0.25) is 5.02 Å². The SMILES string of the molecule is Fc1ccc(-c2nc(C3CCCN3)cs2)c(Cl)c1. The molecule has 1 atom stereocenters. The van der Waals surface area contributed by atoms with Gasteiger partial charge in [0.15, 0.2) is 0 Å². The molecule has 1 fully saturated rings. The molecule has 18 heavy (non-hydrogen) atoms. The maximum absolute atomic E-state index is 13.0. The van der Waals surface area contributed by atoms with Crippen LogP contribution in [0.5, 0.6) is 0 Å². The van der Waals surface area contributed by atoms with E-state index in [4.69, 9.17) is 11.6 Å². The number of halogens is 2. The Balaban J connectivity index is 1.92. The fourth-order valence-corrected chi connectivity index (χ4v) is 3.40. The zero-order valence-corrected chi connectivity index (χ0v) is 11.2. The quantitative estimate of drug-likeness (QED) is 0.900. The average molecular weight is 283 g/mol. The van der Waals surface area contributed by atoms with Gasteiger partial charge >= 0.3 is 0 Å². The first-order valence-electron chi connectivity index (χ1n) is 5.88. The Morgan fingerprint density at radius 2 is 2.33 bits per heavy atom. The van der Waals surface area contributed by atoms with Gasteiger partial charge in [-0.25, -0.2) is 9.37 Å². The van der Waals surface area contributed by atoms with Gasteiger partial charge in [-0.15, -0.1) is 11.3 Å². The molecule has 1 aliphatic rings. The third-order valence-electron chi connectivity index (χ3n) is 3.10. The van der Waals surface area contributed by atoms with Crippen LogP contribution in [0.25, 0.3) is 10.6 Å². The minimum absolute atomic E-state index is 0.321. The van der Waals surface area contributed by atoms with Crippen LogP contribution in [-0.4, -0.2) is 11.5 Å². The minimum atomic E-state index is -0.321. The van der Waals surface area contributed by atoms with Crippen molar-refractivity contribution in [3.8, 4) is 10.6 Å². The molecule has 1 saturated heterocycles.